The molecule has 1 aliphatic heterocycles. The Hall–Kier alpha value is -2.74. The molecule has 0 aromatic heterocycles. The van der Waals surface area contributed by atoms with Gasteiger partial charge in [0.15, 0.2) is 0 Å². The molecule has 2 fully saturated rings. The summed E-state index contributed by atoms with van der Waals surface area (Å²) in [5.74, 6) is 3.64. The van der Waals surface area contributed by atoms with E-state index < -0.39 is 0 Å². The van der Waals surface area contributed by atoms with Gasteiger partial charge in [-0.3, -0.25) is 4.58 Å². The summed E-state index contributed by atoms with van der Waals surface area (Å²) in [5, 5.41) is 4.17. The molecule has 0 radical (unpaired) electrons. The minimum absolute atomic E-state index is 0.0131. The van der Waals surface area contributed by atoms with Gasteiger partial charge in [-0.25, -0.2) is 0 Å². The largest absolute Gasteiger partial charge is 0.376 e. The van der Waals surface area contributed by atoms with Crippen molar-refractivity contribution in [3.05, 3.63) is 94.7 Å². The van der Waals surface area contributed by atoms with E-state index in [4.69, 9.17) is 6.72 Å². The molecule has 1 heterocycles. The van der Waals surface area contributed by atoms with Crippen molar-refractivity contribution >= 4 is 12.4 Å². The topological polar surface area (TPSA) is 15.0 Å². The molecule has 0 saturated heterocycles. The molecule has 4 atom stereocenters. The van der Waals surface area contributed by atoms with Crippen molar-refractivity contribution in [2.45, 2.75) is 110 Å². The van der Waals surface area contributed by atoms with Crippen LogP contribution in [-0.4, -0.2) is 11.3 Å². The molecule has 0 bridgehead atoms. The Labute approximate surface area is 244 Å². The van der Waals surface area contributed by atoms with Crippen molar-refractivity contribution in [2.75, 3.05) is 5.32 Å². The van der Waals surface area contributed by atoms with Crippen molar-refractivity contribution in [1.29, 1.82) is 0 Å². The van der Waals surface area contributed by atoms with Crippen LogP contribution in [0.25, 0.3) is 0 Å². The van der Waals surface area contributed by atoms with Crippen LogP contribution < -0.4 is 5.32 Å². The maximum Gasteiger partial charge on any atom is 0.126 e. The van der Waals surface area contributed by atoms with Crippen molar-refractivity contribution in [3.63, 3.8) is 0 Å². The molecule has 2 aliphatic carbocycles. The summed E-state index contributed by atoms with van der Waals surface area (Å²) in [4.78, 5) is 0. The predicted molar refractivity (Wildman–Crippen MR) is 172 cm³/mol. The van der Waals surface area contributed by atoms with Gasteiger partial charge in [0, 0.05) is 11.6 Å². The van der Waals surface area contributed by atoms with Gasteiger partial charge < -0.3 is 5.32 Å². The number of fused-ring (bicyclic) bond motifs is 1. The molecule has 2 nitrogen and oxygen atoms in total. The van der Waals surface area contributed by atoms with Crippen LogP contribution in [-0.2, 0) is 0 Å². The summed E-state index contributed by atoms with van der Waals surface area (Å²) >= 11 is 0. The van der Waals surface area contributed by atoms with Crippen LogP contribution in [0.4, 0.5) is 5.69 Å². The molecular formula is C38H52N2. The standard InChI is InChI=1S/C38H52N2/c1-25(2)29-17-10-11-19-34(29)38(39-37-30(26(3)4)20-13-21-31(37)27(5)6)36-24-14-23-35(40(36)7)33-22-12-16-28-15-8-9-18-32(28)33/h10-11,13-14,17,19-21,23-28,32-33,38-39H,7-9,12,15-16,18,22H2,1-6H3. The van der Waals surface area contributed by atoms with Crippen LogP contribution in [0.2, 0.25) is 0 Å². The zero-order valence-electron chi connectivity index (χ0n) is 25.9. The summed E-state index contributed by atoms with van der Waals surface area (Å²) in [6.45, 7) is 18.7. The maximum atomic E-state index is 4.79. The van der Waals surface area contributed by atoms with Gasteiger partial charge in [-0.2, -0.15) is 0 Å². The van der Waals surface area contributed by atoms with Gasteiger partial charge in [0.2, 0.25) is 0 Å². The molecular weight excluding hydrogens is 484 g/mol. The SMILES string of the molecule is C=[N+]1C(C(Nc2c(C(C)C)cccc2C(C)C)c2ccccc2C(C)C)=CC=C[C-]1C1CCCC2CCCCC21. The Morgan fingerprint density at radius 1 is 0.750 bits per heavy atom. The van der Waals surface area contributed by atoms with Gasteiger partial charge in [0.25, 0.3) is 0 Å². The fourth-order valence-corrected chi connectivity index (χ4v) is 7.93. The Morgan fingerprint density at radius 3 is 2.02 bits per heavy atom. The first-order valence-corrected chi connectivity index (χ1v) is 16.1. The summed E-state index contributed by atoms with van der Waals surface area (Å²) in [7, 11) is 0. The fourth-order valence-electron chi connectivity index (χ4n) is 7.93. The van der Waals surface area contributed by atoms with Crippen LogP contribution in [0.3, 0.4) is 0 Å². The molecule has 40 heavy (non-hydrogen) atoms. The number of para-hydroxylation sites is 1. The Balaban J connectivity index is 1.58. The lowest BCUT2D eigenvalue weighted by atomic mass is 9.63. The Bertz CT molecular complexity index is 1220. The predicted octanol–water partition coefficient (Wildman–Crippen LogP) is 10.5. The molecule has 2 saturated carbocycles. The van der Waals surface area contributed by atoms with Crippen LogP contribution in [0.15, 0.2) is 66.4 Å². The van der Waals surface area contributed by atoms with E-state index in [0.717, 1.165) is 11.8 Å². The minimum Gasteiger partial charge on any atom is -0.376 e. The second kappa shape index (κ2) is 12.4. The smallest absolute Gasteiger partial charge is 0.126 e. The average molecular weight is 537 g/mol. The van der Waals surface area contributed by atoms with E-state index in [9.17, 15) is 0 Å². The fraction of sp³-hybridized carbons (Fsp3) is 0.526. The second-order valence-corrected chi connectivity index (χ2v) is 13.5. The van der Waals surface area contributed by atoms with Crippen molar-refractivity contribution in [3.8, 4) is 0 Å². The molecule has 214 valence electrons. The van der Waals surface area contributed by atoms with Gasteiger partial charge in [-0.15, -0.1) is 6.08 Å². The third-order valence-electron chi connectivity index (χ3n) is 10.00. The van der Waals surface area contributed by atoms with E-state index in [1.54, 1.807) is 0 Å². The van der Waals surface area contributed by atoms with Crippen LogP contribution in [0, 0.1) is 23.8 Å². The van der Waals surface area contributed by atoms with Crippen molar-refractivity contribution < 1.29 is 4.58 Å². The monoisotopic (exact) mass is 536 g/mol. The molecule has 3 aliphatic rings. The van der Waals surface area contributed by atoms with E-state index in [0.29, 0.717) is 23.7 Å². The highest BCUT2D eigenvalue weighted by atomic mass is 15.1. The first-order valence-electron chi connectivity index (χ1n) is 16.1. The molecule has 0 amide bonds. The van der Waals surface area contributed by atoms with E-state index in [2.05, 4.69) is 112 Å². The highest BCUT2D eigenvalue weighted by molar-refractivity contribution is 5.62. The third kappa shape index (κ3) is 5.69. The molecule has 5 rings (SSSR count). The number of hydrogen-bond acceptors (Lipinski definition) is 1. The van der Waals surface area contributed by atoms with Gasteiger partial charge >= 0.3 is 0 Å². The highest BCUT2D eigenvalue weighted by Gasteiger charge is 2.41. The van der Waals surface area contributed by atoms with E-state index in [1.165, 1.54) is 84.6 Å². The third-order valence-corrected chi connectivity index (χ3v) is 10.00. The highest BCUT2D eigenvalue weighted by Crippen LogP contribution is 2.49. The lowest BCUT2D eigenvalue weighted by Crippen LogP contribution is -2.39. The molecule has 1 N–H and O–H groups in total. The van der Waals surface area contributed by atoms with Gasteiger partial charge in [0.1, 0.15) is 17.8 Å². The zero-order valence-corrected chi connectivity index (χ0v) is 25.9. The minimum atomic E-state index is 0.0131. The Morgan fingerprint density at radius 2 is 1.35 bits per heavy atom. The number of rotatable bonds is 8. The van der Waals surface area contributed by atoms with Gasteiger partial charge in [-0.1, -0.05) is 135 Å². The number of nitrogens with one attached hydrogen (secondary N) is 1. The number of nitrogens with zero attached hydrogens (tertiary/aromatic N) is 1. The van der Waals surface area contributed by atoms with Crippen LogP contribution in [0.5, 0.6) is 0 Å². The van der Waals surface area contributed by atoms with E-state index in [-0.39, 0.29) is 6.04 Å². The van der Waals surface area contributed by atoms with E-state index >= 15 is 0 Å². The van der Waals surface area contributed by atoms with Crippen molar-refractivity contribution in [2.24, 2.45) is 17.8 Å². The summed E-state index contributed by atoms with van der Waals surface area (Å²) in [5.41, 5.74) is 8.11. The molecule has 0 spiro atoms. The lowest BCUT2D eigenvalue weighted by molar-refractivity contribution is -0.463. The molecule has 2 heteroatoms. The lowest BCUT2D eigenvalue weighted by Gasteiger charge is -2.45. The number of benzene rings is 2. The van der Waals surface area contributed by atoms with Gasteiger partial charge in [0.05, 0.1) is 6.72 Å². The van der Waals surface area contributed by atoms with Crippen molar-refractivity contribution in [1.82, 2.24) is 0 Å². The summed E-state index contributed by atoms with van der Waals surface area (Å²) in [6, 6.07) is 17.4. The zero-order chi connectivity index (χ0) is 28.4. The summed E-state index contributed by atoms with van der Waals surface area (Å²) in [6.07, 6.45) is 16.7. The molecule has 2 aromatic rings. The molecule has 4 unspecified atom stereocenters. The first kappa shape index (κ1) is 28.8. The second-order valence-electron chi connectivity index (χ2n) is 13.5. The summed E-state index contributed by atoms with van der Waals surface area (Å²) < 4.78 is 2.34. The number of hydrogen-bond donors (Lipinski definition) is 1. The van der Waals surface area contributed by atoms with Gasteiger partial charge in [-0.05, 0) is 58.3 Å². The Kier molecular flexibility index (Phi) is 8.93. The molecule has 2 aromatic carbocycles. The van der Waals surface area contributed by atoms with Crippen LogP contribution >= 0.6 is 0 Å². The van der Waals surface area contributed by atoms with Crippen LogP contribution in [0.1, 0.15) is 133 Å². The normalized spacial score (nSPS) is 23.9. The number of anilines is 1. The van der Waals surface area contributed by atoms with E-state index in [1.807, 2.05) is 0 Å². The average Bonchev–Trinajstić information content (AvgIpc) is 2.95. The number of allylic oxidation sites excluding steroid dienone is 2. The quantitative estimate of drug-likeness (QED) is 0.262. The maximum absolute atomic E-state index is 4.79. The first-order chi connectivity index (χ1) is 19.3.